The van der Waals surface area contributed by atoms with Gasteiger partial charge in [0.2, 0.25) is 0 Å². The van der Waals surface area contributed by atoms with Gasteiger partial charge in [0.1, 0.15) is 0 Å². The lowest BCUT2D eigenvalue weighted by molar-refractivity contribution is 0.339. The standard InChI is InChI=1S/C5H9ClN2/c6-2-5-8-4-1-3-7-8/h3H,1-2,4-5H2. The van der Waals surface area contributed by atoms with Gasteiger partial charge in [0.15, 0.2) is 0 Å². The van der Waals surface area contributed by atoms with Gasteiger partial charge in [-0.1, -0.05) is 0 Å². The average molecular weight is 133 g/mol. The molecule has 0 N–H and O–H groups in total. The van der Waals surface area contributed by atoms with E-state index in [2.05, 4.69) is 5.10 Å². The Hall–Kier alpha value is -0.240. The van der Waals surface area contributed by atoms with Gasteiger partial charge in [-0.25, -0.2) is 0 Å². The van der Waals surface area contributed by atoms with Crippen molar-refractivity contribution in [3.05, 3.63) is 0 Å². The minimum atomic E-state index is 0.678. The largest absolute Gasteiger partial charge is 0.296 e. The van der Waals surface area contributed by atoms with E-state index in [1.54, 1.807) is 0 Å². The van der Waals surface area contributed by atoms with Crippen LogP contribution >= 0.6 is 11.6 Å². The van der Waals surface area contributed by atoms with E-state index >= 15 is 0 Å². The predicted molar refractivity (Wildman–Crippen MR) is 35.4 cm³/mol. The molecule has 0 aliphatic carbocycles. The molecule has 0 aromatic carbocycles. The van der Waals surface area contributed by atoms with E-state index in [9.17, 15) is 0 Å². The molecular weight excluding hydrogens is 124 g/mol. The molecular formula is C5H9ClN2. The van der Waals surface area contributed by atoms with Crippen molar-refractivity contribution in [3.63, 3.8) is 0 Å². The smallest absolute Gasteiger partial charge is 0.0496 e. The molecule has 0 radical (unpaired) electrons. The van der Waals surface area contributed by atoms with Crippen molar-refractivity contribution in [3.8, 4) is 0 Å². The number of alkyl halides is 1. The minimum absolute atomic E-state index is 0.678. The van der Waals surface area contributed by atoms with E-state index in [0.29, 0.717) is 5.88 Å². The number of halogens is 1. The zero-order chi connectivity index (χ0) is 5.82. The average Bonchev–Trinajstić information content (AvgIpc) is 2.19. The van der Waals surface area contributed by atoms with Gasteiger partial charge in [0.05, 0.1) is 0 Å². The summed E-state index contributed by atoms with van der Waals surface area (Å²) in [6.45, 7) is 1.94. The second kappa shape index (κ2) is 2.92. The summed E-state index contributed by atoms with van der Waals surface area (Å²) in [6.07, 6.45) is 3.00. The van der Waals surface area contributed by atoms with Gasteiger partial charge < -0.3 is 0 Å². The fraction of sp³-hybridized carbons (Fsp3) is 0.800. The summed E-state index contributed by atoms with van der Waals surface area (Å²) in [6, 6.07) is 0. The molecule has 1 rings (SSSR count). The van der Waals surface area contributed by atoms with Crippen molar-refractivity contribution < 1.29 is 0 Å². The molecule has 2 nitrogen and oxygen atoms in total. The van der Waals surface area contributed by atoms with Crippen LogP contribution in [0.1, 0.15) is 6.42 Å². The van der Waals surface area contributed by atoms with Gasteiger partial charge in [0.25, 0.3) is 0 Å². The summed E-state index contributed by atoms with van der Waals surface area (Å²) < 4.78 is 0. The van der Waals surface area contributed by atoms with E-state index in [1.165, 1.54) is 0 Å². The van der Waals surface area contributed by atoms with Gasteiger partial charge in [-0.3, -0.25) is 5.01 Å². The van der Waals surface area contributed by atoms with Crippen LogP contribution < -0.4 is 0 Å². The molecule has 0 atom stereocenters. The lowest BCUT2D eigenvalue weighted by Gasteiger charge is -2.09. The molecule has 0 saturated carbocycles. The Labute approximate surface area is 54.1 Å². The fourth-order valence-electron chi connectivity index (χ4n) is 0.705. The Kier molecular flexibility index (Phi) is 2.15. The Balaban J connectivity index is 2.16. The van der Waals surface area contributed by atoms with E-state index in [1.807, 2.05) is 11.2 Å². The molecule has 0 unspecified atom stereocenters. The molecule has 0 aromatic rings. The fourth-order valence-corrected chi connectivity index (χ4v) is 0.900. The Bertz CT molecular complexity index is 92.4. The zero-order valence-corrected chi connectivity index (χ0v) is 5.43. The summed E-state index contributed by atoms with van der Waals surface area (Å²) in [7, 11) is 0. The number of hydrogen-bond acceptors (Lipinski definition) is 2. The molecule has 0 bridgehead atoms. The zero-order valence-electron chi connectivity index (χ0n) is 4.68. The van der Waals surface area contributed by atoms with E-state index in [-0.39, 0.29) is 0 Å². The number of hydrazone groups is 1. The first-order chi connectivity index (χ1) is 3.93. The quantitative estimate of drug-likeness (QED) is 0.510. The highest BCUT2D eigenvalue weighted by Gasteiger charge is 2.01. The summed E-state index contributed by atoms with van der Waals surface area (Å²) in [4.78, 5) is 0. The normalized spacial score (nSPS) is 17.9. The van der Waals surface area contributed by atoms with Gasteiger partial charge in [-0.15, -0.1) is 11.6 Å². The van der Waals surface area contributed by atoms with Crippen LogP contribution in [0.3, 0.4) is 0 Å². The topological polar surface area (TPSA) is 15.6 Å². The van der Waals surface area contributed by atoms with Crippen molar-refractivity contribution in [2.24, 2.45) is 5.10 Å². The Morgan fingerprint density at radius 3 is 3.12 bits per heavy atom. The molecule has 1 heterocycles. The second-order valence-corrected chi connectivity index (χ2v) is 2.11. The van der Waals surface area contributed by atoms with Crippen LogP contribution in [0.4, 0.5) is 0 Å². The van der Waals surface area contributed by atoms with Crippen molar-refractivity contribution in [2.45, 2.75) is 6.42 Å². The van der Waals surface area contributed by atoms with Crippen molar-refractivity contribution >= 4 is 17.8 Å². The molecule has 8 heavy (non-hydrogen) atoms. The van der Waals surface area contributed by atoms with Crippen molar-refractivity contribution in [1.82, 2.24) is 5.01 Å². The maximum absolute atomic E-state index is 5.47. The van der Waals surface area contributed by atoms with Gasteiger partial charge in [0, 0.05) is 31.6 Å². The SMILES string of the molecule is ClCCN1CCC=N1. The highest BCUT2D eigenvalue weighted by Crippen LogP contribution is 1.98. The summed E-state index contributed by atoms with van der Waals surface area (Å²) in [5.41, 5.74) is 0. The third kappa shape index (κ3) is 1.37. The molecule has 0 amide bonds. The molecule has 0 spiro atoms. The first kappa shape index (κ1) is 5.89. The lowest BCUT2D eigenvalue weighted by atomic mass is 10.5. The maximum Gasteiger partial charge on any atom is 0.0496 e. The van der Waals surface area contributed by atoms with Crippen molar-refractivity contribution in [1.29, 1.82) is 0 Å². The summed E-state index contributed by atoms with van der Waals surface area (Å²) >= 11 is 5.47. The second-order valence-electron chi connectivity index (χ2n) is 1.73. The number of hydrogen-bond donors (Lipinski definition) is 0. The summed E-state index contributed by atoms with van der Waals surface area (Å²) in [5.74, 6) is 0.678. The van der Waals surface area contributed by atoms with E-state index in [0.717, 1.165) is 19.5 Å². The molecule has 1 aliphatic rings. The van der Waals surface area contributed by atoms with Gasteiger partial charge in [-0.05, 0) is 0 Å². The lowest BCUT2D eigenvalue weighted by Crippen LogP contribution is -2.16. The molecule has 1 aliphatic heterocycles. The highest BCUT2D eigenvalue weighted by atomic mass is 35.5. The van der Waals surface area contributed by atoms with Crippen LogP contribution in [0.5, 0.6) is 0 Å². The van der Waals surface area contributed by atoms with E-state index < -0.39 is 0 Å². The van der Waals surface area contributed by atoms with Crippen LogP contribution in [0, 0.1) is 0 Å². The first-order valence-electron chi connectivity index (χ1n) is 2.77. The molecule has 46 valence electrons. The molecule has 3 heteroatoms. The predicted octanol–water partition coefficient (Wildman–Crippen LogP) is 0.917. The van der Waals surface area contributed by atoms with Gasteiger partial charge in [-0.2, -0.15) is 5.10 Å². The van der Waals surface area contributed by atoms with Crippen LogP contribution in [0.15, 0.2) is 5.10 Å². The maximum atomic E-state index is 5.47. The molecule has 0 fully saturated rings. The van der Waals surface area contributed by atoms with Crippen LogP contribution in [0.2, 0.25) is 0 Å². The van der Waals surface area contributed by atoms with E-state index in [4.69, 9.17) is 11.6 Å². The van der Waals surface area contributed by atoms with Crippen LogP contribution in [-0.2, 0) is 0 Å². The Morgan fingerprint density at radius 2 is 2.62 bits per heavy atom. The molecule has 0 saturated heterocycles. The number of nitrogens with zero attached hydrogens (tertiary/aromatic N) is 2. The monoisotopic (exact) mass is 132 g/mol. The van der Waals surface area contributed by atoms with Crippen LogP contribution in [-0.4, -0.2) is 30.2 Å². The Morgan fingerprint density at radius 1 is 1.75 bits per heavy atom. The molecule has 0 aromatic heterocycles. The number of rotatable bonds is 2. The minimum Gasteiger partial charge on any atom is -0.296 e. The highest BCUT2D eigenvalue weighted by molar-refractivity contribution is 6.18. The van der Waals surface area contributed by atoms with Crippen molar-refractivity contribution in [2.75, 3.05) is 19.0 Å². The first-order valence-corrected chi connectivity index (χ1v) is 3.30. The van der Waals surface area contributed by atoms with Crippen LogP contribution in [0.25, 0.3) is 0 Å². The summed E-state index contributed by atoms with van der Waals surface area (Å²) in [5, 5.41) is 6.03. The third-order valence-electron chi connectivity index (χ3n) is 1.10. The van der Waals surface area contributed by atoms with Gasteiger partial charge >= 0.3 is 0 Å². The third-order valence-corrected chi connectivity index (χ3v) is 1.27.